The lowest BCUT2D eigenvalue weighted by Crippen LogP contribution is -2.13. The molecule has 0 bridgehead atoms. The average Bonchev–Trinajstić information content (AvgIpc) is 3.37. The van der Waals surface area contributed by atoms with Crippen molar-refractivity contribution in [2.45, 2.75) is 0 Å². The highest BCUT2D eigenvalue weighted by molar-refractivity contribution is 6.22. The molecule has 0 aliphatic heterocycles. The molecule has 0 saturated heterocycles. The molecule has 0 spiro atoms. The van der Waals surface area contributed by atoms with Crippen molar-refractivity contribution in [3.63, 3.8) is 0 Å². The predicted molar refractivity (Wildman–Crippen MR) is 269 cm³/mol. The quantitative estimate of drug-likeness (QED) is 0.131. The molecule has 0 amide bonds. The Hall–Kier alpha value is -8.26. The van der Waals surface area contributed by atoms with Crippen LogP contribution in [0.5, 0.6) is 0 Å². The van der Waals surface area contributed by atoms with Gasteiger partial charge in [0.15, 0.2) is 0 Å². The summed E-state index contributed by atoms with van der Waals surface area (Å²) in [6, 6.07) is 94.9. The first-order chi connectivity index (χ1) is 31.2. The van der Waals surface area contributed by atoms with Crippen LogP contribution in [-0.4, -0.2) is 0 Å². The van der Waals surface area contributed by atoms with E-state index in [9.17, 15) is 0 Å². The van der Waals surface area contributed by atoms with E-state index in [4.69, 9.17) is 0 Å². The van der Waals surface area contributed by atoms with Crippen LogP contribution in [0, 0.1) is 0 Å². The minimum absolute atomic E-state index is 1.08. The van der Waals surface area contributed by atoms with E-state index < -0.39 is 0 Å². The molecule has 1 nitrogen and oxygen atoms in total. The van der Waals surface area contributed by atoms with Crippen LogP contribution in [0.15, 0.2) is 261 Å². The fraction of sp³-hybridized carbons (Fsp3) is 0. The molecule has 0 unspecified atom stereocenters. The van der Waals surface area contributed by atoms with Crippen molar-refractivity contribution in [3.8, 4) is 66.8 Å². The van der Waals surface area contributed by atoms with Crippen molar-refractivity contribution in [1.82, 2.24) is 0 Å². The first-order valence-corrected chi connectivity index (χ1v) is 21.7. The van der Waals surface area contributed by atoms with E-state index in [0.717, 1.165) is 39.3 Å². The maximum atomic E-state index is 2.53. The second-order valence-corrected chi connectivity index (χ2v) is 16.1. The van der Waals surface area contributed by atoms with Crippen LogP contribution >= 0.6 is 0 Å². The number of anilines is 3. The lowest BCUT2D eigenvalue weighted by molar-refractivity contribution is 1.30. The van der Waals surface area contributed by atoms with Crippen LogP contribution in [0.2, 0.25) is 0 Å². The van der Waals surface area contributed by atoms with E-state index in [1.807, 2.05) is 0 Å². The van der Waals surface area contributed by atoms with Gasteiger partial charge in [0.05, 0.1) is 5.69 Å². The molecule has 0 aliphatic rings. The second-order valence-electron chi connectivity index (χ2n) is 16.1. The van der Waals surface area contributed by atoms with Gasteiger partial charge in [-0.1, -0.05) is 218 Å². The summed E-state index contributed by atoms with van der Waals surface area (Å²) >= 11 is 0. The third kappa shape index (κ3) is 7.37. The molecule has 0 N–H and O–H groups in total. The molecule has 0 radical (unpaired) electrons. The Morgan fingerprint density at radius 3 is 1.03 bits per heavy atom. The highest BCUT2D eigenvalue weighted by atomic mass is 15.1. The molecule has 11 aromatic carbocycles. The smallest absolute Gasteiger partial charge is 0.0624 e. The van der Waals surface area contributed by atoms with Crippen molar-refractivity contribution in [3.05, 3.63) is 261 Å². The molecule has 296 valence electrons. The van der Waals surface area contributed by atoms with Crippen LogP contribution in [0.25, 0.3) is 88.3 Å². The third-order valence-corrected chi connectivity index (χ3v) is 12.2. The average molecular weight is 802 g/mol. The predicted octanol–water partition coefficient (Wildman–Crippen LogP) is 17.5. The van der Waals surface area contributed by atoms with Crippen LogP contribution in [-0.2, 0) is 0 Å². The van der Waals surface area contributed by atoms with Crippen LogP contribution in [0.3, 0.4) is 0 Å². The van der Waals surface area contributed by atoms with Gasteiger partial charge in [0, 0.05) is 22.3 Å². The standard InChI is InChI=1S/C62H43N/c1-5-20-44(21-6-1)48-28-17-29-49(38-48)50-30-18-32-52(39-50)61-59-36-15-13-34-57(59)58-35-14-16-37-60(58)62(61)63(55-33-19-31-51(41-55)45-22-7-2-8-23-45)56-42-53(46-24-9-3-10-25-46)40-54(43-56)47-26-11-4-12-27-47/h1-43H. The fourth-order valence-corrected chi connectivity index (χ4v) is 9.21. The minimum Gasteiger partial charge on any atom is -0.309 e. The number of hydrogen-bond acceptors (Lipinski definition) is 1. The molecule has 63 heavy (non-hydrogen) atoms. The highest BCUT2D eigenvalue weighted by Gasteiger charge is 2.25. The van der Waals surface area contributed by atoms with E-state index in [0.29, 0.717) is 0 Å². The zero-order valence-electron chi connectivity index (χ0n) is 34.8. The van der Waals surface area contributed by atoms with Gasteiger partial charge in [0.25, 0.3) is 0 Å². The van der Waals surface area contributed by atoms with Crippen LogP contribution in [0.1, 0.15) is 0 Å². The van der Waals surface area contributed by atoms with Gasteiger partial charge in [-0.2, -0.15) is 0 Å². The third-order valence-electron chi connectivity index (χ3n) is 12.2. The lowest BCUT2D eigenvalue weighted by atomic mass is 9.88. The van der Waals surface area contributed by atoms with Crippen molar-refractivity contribution < 1.29 is 0 Å². The summed E-state index contributed by atoms with van der Waals surface area (Å²) in [5, 5.41) is 4.82. The van der Waals surface area contributed by atoms with E-state index in [2.05, 4.69) is 266 Å². The number of hydrogen-bond donors (Lipinski definition) is 0. The Balaban J connectivity index is 1.23. The molecule has 11 aromatic rings. The Bertz CT molecular complexity index is 3320. The second kappa shape index (κ2) is 16.7. The normalized spacial score (nSPS) is 11.2. The molecule has 11 rings (SSSR count). The van der Waals surface area contributed by atoms with Gasteiger partial charge in [-0.05, 0) is 120 Å². The van der Waals surface area contributed by atoms with Gasteiger partial charge in [-0.15, -0.1) is 0 Å². The fourth-order valence-electron chi connectivity index (χ4n) is 9.21. The molecule has 0 atom stereocenters. The van der Waals surface area contributed by atoms with Crippen molar-refractivity contribution in [2.24, 2.45) is 0 Å². The monoisotopic (exact) mass is 801 g/mol. The largest absolute Gasteiger partial charge is 0.309 e. The summed E-state index contributed by atoms with van der Waals surface area (Å²) in [5.74, 6) is 0. The zero-order chi connectivity index (χ0) is 42.0. The molecule has 1 heteroatoms. The highest BCUT2D eigenvalue weighted by Crippen LogP contribution is 2.51. The summed E-state index contributed by atoms with van der Waals surface area (Å²) < 4.78 is 0. The van der Waals surface area contributed by atoms with E-state index in [1.165, 1.54) is 66.1 Å². The van der Waals surface area contributed by atoms with Gasteiger partial charge in [-0.3, -0.25) is 0 Å². The molecular weight excluding hydrogens is 759 g/mol. The van der Waals surface area contributed by atoms with E-state index in [-0.39, 0.29) is 0 Å². The number of benzene rings is 11. The van der Waals surface area contributed by atoms with E-state index >= 15 is 0 Å². The summed E-state index contributed by atoms with van der Waals surface area (Å²) in [6.07, 6.45) is 0. The van der Waals surface area contributed by atoms with Gasteiger partial charge < -0.3 is 4.90 Å². The van der Waals surface area contributed by atoms with Crippen molar-refractivity contribution in [1.29, 1.82) is 0 Å². The van der Waals surface area contributed by atoms with Crippen molar-refractivity contribution in [2.75, 3.05) is 4.90 Å². The number of rotatable bonds is 9. The maximum absolute atomic E-state index is 2.53. The van der Waals surface area contributed by atoms with Gasteiger partial charge >= 0.3 is 0 Å². The molecule has 0 fully saturated rings. The van der Waals surface area contributed by atoms with Gasteiger partial charge in [-0.25, -0.2) is 0 Å². The Kier molecular flexibility index (Phi) is 9.97. The lowest BCUT2D eigenvalue weighted by Gasteiger charge is -2.32. The molecule has 0 aromatic heterocycles. The minimum atomic E-state index is 1.08. The first kappa shape index (κ1) is 37.7. The number of nitrogens with zero attached hydrogens (tertiary/aromatic N) is 1. The molecule has 0 heterocycles. The topological polar surface area (TPSA) is 3.24 Å². The Labute approximate surface area is 369 Å². The summed E-state index contributed by atoms with van der Waals surface area (Å²) in [7, 11) is 0. The Morgan fingerprint density at radius 2 is 0.508 bits per heavy atom. The SMILES string of the molecule is c1ccc(-c2cccc(-c3cccc(-c4c(N(c5cccc(-c6ccccc6)c5)c5cc(-c6ccccc6)cc(-c6ccccc6)c5)c5ccccc5c5ccccc45)c3)c2)cc1. The summed E-state index contributed by atoms with van der Waals surface area (Å²) in [6.45, 7) is 0. The molecular formula is C62H43N. The molecule has 0 saturated carbocycles. The van der Waals surface area contributed by atoms with Gasteiger partial charge in [0.1, 0.15) is 0 Å². The number of fused-ring (bicyclic) bond motifs is 3. The van der Waals surface area contributed by atoms with Crippen molar-refractivity contribution >= 4 is 38.6 Å². The summed E-state index contributed by atoms with van der Waals surface area (Å²) in [5.41, 5.74) is 17.4. The Morgan fingerprint density at radius 1 is 0.190 bits per heavy atom. The van der Waals surface area contributed by atoms with Gasteiger partial charge in [0.2, 0.25) is 0 Å². The maximum Gasteiger partial charge on any atom is 0.0624 e. The zero-order valence-corrected chi connectivity index (χ0v) is 34.8. The van der Waals surface area contributed by atoms with E-state index in [1.54, 1.807) is 0 Å². The first-order valence-electron chi connectivity index (χ1n) is 21.7. The molecule has 0 aliphatic carbocycles. The van der Waals surface area contributed by atoms with Crippen LogP contribution < -0.4 is 4.90 Å². The summed E-state index contributed by atoms with van der Waals surface area (Å²) in [4.78, 5) is 2.53. The van der Waals surface area contributed by atoms with Crippen LogP contribution in [0.4, 0.5) is 17.1 Å².